The van der Waals surface area contributed by atoms with Gasteiger partial charge in [0, 0.05) is 6.07 Å². The minimum Gasteiger partial charge on any atom is -0.493 e. The fourth-order valence-electron chi connectivity index (χ4n) is 1.26. The molecule has 1 aromatic rings. The number of nitro benzene ring substituents is 1. The monoisotopic (exact) mass is 245 g/mol. The van der Waals surface area contributed by atoms with E-state index in [1.54, 1.807) is 0 Å². The predicted octanol–water partition coefficient (Wildman–Crippen LogP) is 1.99. The van der Waals surface area contributed by atoms with E-state index in [4.69, 9.17) is 21.1 Å². The fraction of sp³-hybridized carbons (Fsp3) is 0.222. The van der Waals surface area contributed by atoms with Gasteiger partial charge >= 0.3 is 0 Å². The van der Waals surface area contributed by atoms with Crippen LogP contribution in [0.25, 0.3) is 0 Å². The summed E-state index contributed by atoms with van der Waals surface area (Å²) < 4.78 is 9.79. The molecule has 0 radical (unpaired) electrons. The van der Waals surface area contributed by atoms with Gasteiger partial charge in [0.25, 0.3) is 10.9 Å². The molecule has 0 saturated carbocycles. The van der Waals surface area contributed by atoms with Gasteiger partial charge in [0.2, 0.25) is 0 Å². The van der Waals surface area contributed by atoms with E-state index in [0.717, 1.165) is 6.07 Å². The molecule has 0 bridgehead atoms. The Labute approximate surface area is 95.9 Å². The summed E-state index contributed by atoms with van der Waals surface area (Å²) in [6, 6.07) is 2.47. The molecule has 86 valence electrons. The highest BCUT2D eigenvalue weighted by Crippen LogP contribution is 2.37. The number of hydrogen-bond acceptors (Lipinski definition) is 5. The third-order valence-electron chi connectivity index (χ3n) is 1.92. The van der Waals surface area contributed by atoms with Crippen LogP contribution in [0, 0.1) is 10.1 Å². The lowest BCUT2D eigenvalue weighted by Gasteiger charge is -2.10. The standard InChI is InChI=1S/C9H8ClNO5/c1-15-6-4-3-5(11(13)14)7(9(10)12)8(6)16-2/h3-4H,1-2H3. The molecule has 7 heteroatoms. The minimum atomic E-state index is -0.970. The SMILES string of the molecule is COc1ccc([N+](=O)[O-])c(C(=O)Cl)c1OC. The van der Waals surface area contributed by atoms with Crippen LogP contribution in [0.4, 0.5) is 5.69 Å². The zero-order chi connectivity index (χ0) is 12.3. The maximum Gasteiger partial charge on any atom is 0.285 e. The van der Waals surface area contributed by atoms with E-state index in [1.807, 2.05) is 0 Å². The van der Waals surface area contributed by atoms with Crippen LogP contribution in [0.15, 0.2) is 12.1 Å². The Morgan fingerprint density at radius 2 is 2.00 bits per heavy atom. The zero-order valence-corrected chi connectivity index (χ0v) is 9.28. The van der Waals surface area contributed by atoms with Gasteiger partial charge in [-0.25, -0.2) is 0 Å². The Morgan fingerprint density at radius 1 is 1.38 bits per heavy atom. The molecule has 0 saturated heterocycles. The maximum atomic E-state index is 11.1. The number of nitro groups is 1. The first-order valence-electron chi connectivity index (χ1n) is 4.12. The topological polar surface area (TPSA) is 78.7 Å². The van der Waals surface area contributed by atoms with E-state index in [2.05, 4.69) is 0 Å². The maximum absolute atomic E-state index is 11.1. The fourth-order valence-corrected chi connectivity index (χ4v) is 1.44. The molecular weight excluding hydrogens is 238 g/mol. The molecule has 1 rings (SSSR count). The van der Waals surface area contributed by atoms with Crippen LogP contribution in [0.1, 0.15) is 10.4 Å². The van der Waals surface area contributed by atoms with Crippen LogP contribution >= 0.6 is 11.6 Å². The summed E-state index contributed by atoms with van der Waals surface area (Å²) >= 11 is 5.29. The van der Waals surface area contributed by atoms with Gasteiger partial charge in [0.05, 0.1) is 19.1 Å². The van der Waals surface area contributed by atoms with E-state index in [-0.39, 0.29) is 17.1 Å². The number of benzene rings is 1. The number of halogens is 1. The van der Waals surface area contributed by atoms with Gasteiger partial charge in [-0.2, -0.15) is 0 Å². The molecular formula is C9H8ClNO5. The first kappa shape index (κ1) is 12.3. The van der Waals surface area contributed by atoms with Crippen molar-refractivity contribution in [2.75, 3.05) is 14.2 Å². The second-order valence-corrected chi connectivity index (χ2v) is 3.07. The molecule has 0 atom stereocenters. The van der Waals surface area contributed by atoms with Crippen molar-refractivity contribution >= 4 is 22.5 Å². The van der Waals surface area contributed by atoms with Gasteiger partial charge in [0.1, 0.15) is 0 Å². The van der Waals surface area contributed by atoms with Gasteiger partial charge in [-0.3, -0.25) is 14.9 Å². The Bertz CT molecular complexity index is 446. The summed E-state index contributed by atoms with van der Waals surface area (Å²) in [5, 5.41) is 9.72. The smallest absolute Gasteiger partial charge is 0.285 e. The van der Waals surface area contributed by atoms with Crippen molar-refractivity contribution in [2.24, 2.45) is 0 Å². The number of hydrogen-bond donors (Lipinski definition) is 0. The van der Waals surface area contributed by atoms with Crippen molar-refractivity contribution in [3.8, 4) is 11.5 Å². The van der Waals surface area contributed by atoms with Crippen molar-refractivity contribution in [1.82, 2.24) is 0 Å². The molecule has 0 aliphatic heterocycles. The van der Waals surface area contributed by atoms with Crippen LogP contribution in [-0.2, 0) is 0 Å². The van der Waals surface area contributed by atoms with E-state index in [9.17, 15) is 14.9 Å². The van der Waals surface area contributed by atoms with Crippen LogP contribution in [0.2, 0.25) is 0 Å². The predicted molar refractivity (Wildman–Crippen MR) is 56.4 cm³/mol. The lowest BCUT2D eigenvalue weighted by Crippen LogP contribution is -2.03. The van der Waals surface area contributed by atoms with Crippen LogP contribution < -0.4 is 9.47 Å². The van der Waals surface area contributed by atoms with Gasteiger partial charge < -0.3 is 9.47 Å². The summed E-state index contributed by atoms with van der Waals surface area (Å²) in [6.45, 7) is 0. The number of nitrogens with zero attached hydrogens (tertiary/aromatic N) is 1. The van der Waals surface area contributed by atoms with Crippen LogP contribution in [0.5, 0.6) is 11.5 Å². The number of carbonyl (C=O) groups excluding carboxylic acids is 1. The number of ether oxygens (including phenoxy) is 2. The molecule has 0 spiro atoms. The molecule has 0 N–H and O–H groups in total. The van der Waals surface area contributed by atoms with E-state index < -0.39 is 15.9 Å². The van der Waals surface area contributed by atoms with Crippen molar-refractivity contribution in [3.63, 3.8) is 0 Å². The Balaban J connectivity index is 3.56. The summed E-state index contributed by atoms with van der Waals surface area (Å²) in [5.41, 5.74) is -0.730. The Kier molecular flexibility index (Phi) is 3.68. The highest BCUT2D eigenvalue weighted by Gasteiger charge is 2.26. The van der Waals surface area contributed by atoms with Gasteiger partial charge in [-0.05, 0) is 17.7 Å². The van der Waals surface area contributed by atoms with Gasteiger partial charge in [0.15, 0.2) is 17.1 Å². The van der Waals surface area contributed by atoms with E-state index >= 15 is 0 Å². The van der Waals surface area contributed by atoms with E-state index in [1.165, 1.54) is 20.3 Å². The molecule has 0 aliphatic carbocycles. The second kappa shape index (κ2) is 4.80. The largest absolute Gasteiger partial charge is 0.493 e. The van der Waals surface area contributed by atoms with Crippen molar-refractivity contribution in [3.05, 3.63) is 27.8 Å². The van der Waals surface area contributed by atoms with E-state index in [0.29, 0.717) is 0 Å². The van der Waals surface area contributed by atoms with Crippen molar-refractivity contribution in [1.29, 1.82) is 0 Å². The average Bonchev–Trinajstić information content (AvgIpc) is 2.26. The van der Waals surface area contributed by atoms with Gasteiger partial charge in [-0.1, -0.05) is 0 Å². The van der Waals surface area contributed by atoms with Gasteiger partial charge in [-0.15, -0.1) is 0 Å². The summed E-state index contributed by atoms with van der Waals surface area (Å²) in [4.78, 5) is 21.1. The molecule has 0 fully saturated rings. The summed E-state index contributed by atoms with van der Waals surface area (Å²) in [6.07, 6.45) is 0. The zero-order valence-electron chi connectivity index (χ0n) is 8.52. The first-order valence-corrected chi connectivity index (χ1v) is 4.50. The third-order valence-corrected chi connectivity index (χ3v) is 2.11. The first-order chi connectivity index (χ1) is 7.52. The molecule has 6 nitrogen and oxygen atoms in total. The Morgan fingerprint density at radius 3 is 2.38 bits per heavy atom. The highest BCUT2D eigenvalue weighted by atomic mass is 35.5. The molecule has 0 unspecified atom stereocenters. The Hall–Kier alpha value is -1.82. The number of methoxy groups -OCH3 is 2. The number of carbonyl (C=O) groups is 1. The lowest BCUT2D eigenvalue weighted by molar-refractivity contribution is -0.385. The van der Waals surface area contributed by atoms with Crippen molar-refractivity contribution in [2.45, 2.75) is 0 Å². The molecule has 0 amide bonds. The average molecular weight is 246 g/mol. The highest BCUT2D eigenvalue weighted by molar-refractivity contribution is 6.68. The van der Waals surface area contributed by atoms with Crippen LogP contribution in [-0.4, -0.2) is 24.4 Å². The molecule has 0 aliphatic rings. The third kappa shape index (κ3) is 2.06. The number of rotatable bonds is 4. The molecule has 1 aromatic carbocycles. The van der Waals surface area contributed by atoms with Crippen molar-refractivity contribution < 1.29 is 19.2 Å². The normalized spacial score (nSPS) is 9.69. The molecule has 0 heterocycles. The quantitative estimate of drug-likeness (QED) is 0.460. The lowest BCUT2D eigenvalue weighted by atomic mass is 10.1. The second-order valence-electron chi connectivity index (χ2n) is 2.73. The van der Waals surface area contributed by atoms with Crippen LogP contribution in [0.3, 0.4) is 0 Å². The molecule has 16 heavy (non-hydrogen) atoms. The summed E-state index contributed by atoms with van der Waals surface area (Å²) in [7, 11) is 2.62. The summed E-state index contributed by atoms with van der Waals surface area (Å²) in [5.74, 6) is 0.161. The minimum absolute atomic E-state index is 0.0447. The molecule has 0 aromatic heterocycles.